The Hall–Kier alpha value is -4.59. The van der Waals surface area contributed by atoms with E-state index in [0.29, 0.717) is 50.2 Å². The minimum absolute atomic E-state index is 0.152. The summed E-state index contributed by atoms with van der Waals surface area (Å²) in [6.45, 7) is 3.69. The molecule has 5 unspecified atom stereocenters. The molecule has 1 aromatic carbocycles. The van der Waals surface area contributed by atoms with Crippen LogP contribution in [0.2, 0.25) is 0 Å². The number of hydrogen-bond donors (Lipinski definition) is 3. The van der Waals surface area contributed by atoms with Crippen LogP contribution in [0.25, 0.3) is 10.9 Å². The predicted octanol–water partition coefficient (Wildman–Crippen LogP) is 4.26. The van der Waals surface area contributed by atoms with Crippen molar-refractivity contribution in [2.75, 3.05) is 11.9 Å². The number of aryl methyl sites for hydroxylation is 2. The number of rotatable bonds is 5. The Bertz CT molecular complexity index is 2090. The van der Waals surface area contributed by atoms with Crippen molar-refractivity contribution >= 4 is 44.6 Å². The highest BCUT2D eigenvalue weighted by molar-refractivity contribution is 7.91. The van der Waals surface area contributed by atoms with Gasteiger partial charge in [-0.25, -0.2) is 23.4 Å². The molecular weight excluding hydrogens is 695 g/mol. The minimum Gasteiger partial charge on any atom is -0.483 e. The van der Waals surface area contributed by atoms with Crippen LogP contribution in [0.1, 0.15) is 88.8 Å². The van der Waals surface area contributed by atoms with Crippen molar-refractivity contribution in [1.29, 1.82) is 0 Å². The summed E-state index contributed by atoms with van der Waals surface area (Å²) in [7, 11) is -3.97. The first-order valence-electron chi connectivity index (χ1n) is 18.9. The van der Waals surface area contributed by atoms with Crippen LogP contribution in [0, 0.1) is 12.8 Å². The number of ether oxygens (including phenoxy) is 1. The number of anilines is 1. The molecule has 5 heterocycles. The van der Waals surface area contributed by atoms with Crippen LogP contribution in [-0.4, -0.2) is 80.5 Å². The third kappa shape index (κ3) is 6.42. The van der Waals surface area contributed by atoms with Crippen molar-refractivity contribution in [3.8, 4) is 5.75 Å². The number of allylic oxidation sites excluding steroid dienone is 1. The summed E-state index contributed by atoms with van der Waals surface area (Å²) in [6.07, 6.45) is 14.2. The molecule has 3 fully saturated rings. The van der Waals surface area contributed by atoms with Gasteiger partial charge in [-0.15, -0.1) is 0 Å². The number of aromatic nitrogens is 3. The Morgan fingerprint density at radius 2 is 1.81 bits per heavy atom. The summed E-state index contributed by atoms with van der Waals surface area (Å²) in [5.74, 6) is -0.924. The second-order valence-corrected chi connectivity index (χ2v) is 18.0. The third-order valence-electron chi connectivity index (χ3n) is 12.2. The van der Waals surface area contributed by atoms with Crippen LogP contribution < -0.4 is 20.1 Å². The smallest absolute Gasteiger partial charge is 0.259 e. The van der Waals surface area contributed by atoms with E-state index >= 15 is 0 Å². The molecule has 0 radical (unpaired) electrons. The molecule has 0 bridgehead atoms. The molecule has 53 heavy (non-hydrogen) atoms. The van der Waals surface area contributed by atoms with Gasteiger partial charge in [-0.1, -0.05) is 43.2 Å². The summed E-state index contributed by atoms with van der Waals surface area (Å²) in [6, 6.07) is 7.96. The number of benzene rings is 1. The number of pyridine rings is 1. The molecule has 5 atom stereocenters. The molecule has 3 aromatic rings. The lowest BCUT2D eigenvalue weighted by molar-refractivity contribution is -0.144. The Morgan fingerprint density at radius 3 is 2.57 bits per heavy atom. The van der Waals surface area contributed by atoms with Gasteiger partial charge < -0.3 is 20.3 Å². The van der Waals surface area contributed by atoms with E-state index in [0.717, 1.165) is 47.8 Å². The van der Waals surface area contributed by atoms with Crippen LogP contribution in [0.4, 0.5) is 5.95 Å². The SMILES string of the molecule is Cc1nc2ccccc2c2c1OC1(CC2)CC2C(=O)NC3(C(=O)NS(=O)(=O)C4(C)CC4)CCC3C=CCCCCCC(Nc3ncccn3)C(=O)N2C1. The molecule has 3 amide bonds. The fourth-order valence-electron chi connectivity index (χ4n) is 8.54. The number of nitrogens with one attached hydrogen (secondary N) is 3. The van der Waals surface area contributed by atoms with Gasteiger partial charge in [-0.2, -0.15) is 0 Å². The average Bonchev–Trinajstić information content (AvgIpc) is 3.80. The number of para-hydroxylation sites is 1. The van der Waals surface area contributed by atoms with Gasteiger partial charge in [0.2, 0.25) is 27.8 Å². The van der Waals surface area contributed by atoms with E-state index < -0.39 is 55.7 Å². The number of fused-ring (bicyclic) bond motifs is 5. The third-order valence-corrected chi connectivity index (χ3v) is 14.4. The van der Waals surface area contributed by atoms with E-state index in [1.165, 1.54) is 0 Å². The zero-order chi connectivity index (χ0) is 37.0. The van der Waals surface area contributed by atoms with Crippen molar-refractivity contribution in [1.82, 2.24) is 29.9 Å². The molecule has 8 rings (SSSR count). The highest BCUT2D eigenvalue weighted by atomic mass is 32.2. The monoisotopic (exact) mass is 741 g/mol. The number of hydrogen-bond acceptors (Lipinski definition) is 10. The highest BCUT2D eigenvalue weighted by Gasteiger charge is 2.59. The number of carbonyl (C=O) groups is 3. The first-order valence-corrected chi connectivity index (χ1v) is 20.4. The molecule has 2 aliphatic carbocycles. The standard InChI is InChI=1S/C39H47N7O6S/c1-25-32-28(27-12-8-9-13-29(27)42-25)16-17-38(52-32)23-31-33(47)44-39(35(49)45-53(50,51)37(2)19-20-37)18-15-26(39)11-6-4-3-5-7-14-30(34(48)46(31)24-38)43-36-40-21-10-22-41-36/h6,8-13,21-22,26,30-31H,3-5,7,14-20,23-24H2,1-2H3,(H,44,47)(H,45,49)(H,40,41,43). The number of amides is 3. The van der Waals surface area contributed by atoms with Crippen LogP contribution >= 0.6 is 0 Å². The first-order chi connectivity index (χ1) is 25.4. The minimum atomic E-state index is -3.97. The molecule has 2 aromatic heterocycles. The summed E-state index contributed by atoms with van der Waals surface area (Å²) in [5.41, 5.74) is 0.316. The molecule has 3 N–H and O–H groups in total. The molecule has 1 saturated heterocycles. The van der Waals surface area contributed by atoms with Crippen molar-refractivity contribution < 1.29 is 27.5 Å². The van der Waals surface area contributed by atoms with Crippen molar-refractivity contribution in [3.05, 3.63) is 66.1 Å². The first kappa shape index (κ1) is 35.4. The molecule has 3 aliphatic heterocycles. The number of sulfonamides is 1. The molecule has 280 valence electrons. The Balaban J connectivity index is 1.16. The molecular formula is C39H47N7O6S. The maximum Gasteiger partial charge on any atom is 0.259 e. The average molecular weight is 742 g/mol. The second kappa shape index (κ2) is 13.4. The van der Waals surface area contributed by atoms with Gasteiger partial charge in [0.05, 0.1) is 22.5 Å². The van der Waals surface area contributed by atoms with E-state index in [1.807, 2.05) is 43.3 Å². The van der Waals surface area contributed by atoms with Gasteiger partial charge in [0.1, 0.15) is 29.0 Å². The lowest BCUT2D eigenvalue weighted by atomic mass is 9.65. The van der Waals surface area contributed by atoms with Crippen LogP contribution in [0.3, 0.4) is 0 Å². The zero-order valence-corrected chi connectivity index (χ0v) is 31.1. The molecule has 13 nitrogen and oxygen atoms in total. The lowest BCUT2D eigenvalue weighted by Gasteiger charge is -2.48. The van der Waals surface area contributed by atoms with E-state index in [9.17, 15) is 22.8 Å². The zero-order valence-electron chi connectivity index (χ0n) is 30.3. The molecule has 14 heteroatoms. The van der Waals surface area contributed by atoms with Crippen molar-refractivity contribution in [2.24, 2.45) is 5.92 Å². The molecule has 1 spiro atoms. The maximum absolute atomic E-state index is 14.8. The van der Waals surface area contributed by atoms with Gasteiger partial charge in [-0.05, 0) is 83.8 Å². The van der Waals surface area contributed by atoms with Crippen LogP contribution in [-0.2, 0) is 30.8 Å². The van der Waals surface area contributed by atoms with Gasteiger partial charge >= 0.3 is 0 Å². The summed E-state index contributed by atoms with van der Waals surface area (Å²) >= 11 is 0. The maximum atomic E-state index is 14.8. The van der Waals surface area contributed by atoms with Crippen LogP contribution in [0.5, 0.6) is 5.75 Å². The fraction of sp³-hybridized carbons (Fsp3) is 0.538. The highest BCUT2D eigenvalue weighted by Crippen LogP contribution is 2.47. The Kier molecular flexibility index (Phi) is 8.94. The van der Waals surface area contributed by atoms with E-state index in [2.05, 4.69) is 25.3 Å². The summed E-state index contributed by atoms with van der Waals surface area (Å²) in [5, 5.41) is 7.32. The molecule has 5 aliphatic rings. The van der Waals surface area contributed by atoms with Gasteiger partial charge in [0, 0.05) is 35.7 Å². The van der Waals surface area contributed by atoms with E-state index in [1.54, 1.807) is 30.3 Å². The normalized spacial score (nSPS) is 29.7. The van der Waals surface area contributed by atoms with Gasteiger partial charge in [0.15, 0.2) is 0 Å². The number of carbonyl (C=O) groups excluding carboxylic acids is 3. The number of nitrogens with zero attached hydrogens (tertiary/aromatic N) is 4. The van der Waals surface area contributed by atoms with Crippen LogP contribution in [0.15, 0.2) is 54.9 Å². The molecule has 2 saturated carbocycles. The fourth-order valence-corrected chi connectivity index (χ4v) is 9.86. The summed E-state index contributed by atoms with van der Waals surface area (Å²) < 4.78 is 34.8. The van der Waals surface area contributed by atoms with Crippen molar-refractivity contribution in [3.63, 3.8) is 0 Å². The predicted molar refractivity (Wildman–Crippen MR) is 198 cm³/mol. The quantitative estimate of drug-likeness (QED) is 0.321. The van der Waals surface area contributed by atoms with Gasteiger partial charge in [-0.3, -0.25) is 19.1 Å². The van der Waals surface area contributed by atoms with E-state index in [4.69, 9.17) is 9.72 Å². The Labute approximate surface area is 309 Å². The van der Waals surface area contributed by atoms with Gasteiger partial charge in [0.25, 0.3) is 5.91 Å². The Morgan fingerprint density at radius 1 is 1.02 bits per heavy atom. The topological polar surface area (TPSA) is 173 Å². The largest absolute Gasteiger partial charge is 0.483 e. The van der Waals surface area contributed by atoms with E-state index in [-0.39, 0.29) is 25.3 Å². The van der Waals surface area contributed by atoms with Crippen molar-refractivity contribution in [2.45, 2.75) is 119 Å². The second-order valence-electron chi connectivity index (χ2n) is 15.8. The lowest BCUT2D eigenvalue weighted by Crippen LogP contribution is -2.70. The summed E-state index contributed by atoms with van der Waals surface area (Å²) in [4.78, 5) is 58.7.